The lowest BCUT2D eigenvalue weighted by Gasteiger charge is -2.20. The lowest BCUT2D eigenvalue weighted by atomic mass is 10.1. The van der Waals surface area contributed by atoms with Crippen LogP contribution in [0.3, 0.4) is 0 Å². The summed E-state index contributed by atoms with van der Waals surface area (Å²) in [5.74, 6) is -0.472. The van der Waals surface area contributed by atoms with Crippen LogP contribution < -0.4 is 15.0 Å². The van der Waals surface area contributed by atoms with E-state index in [-0.39, 0.29) is 29.5 Å². The molecule has 0 bridgehead atoms. The summed E-state index contributed by atoms with van der Waals surface area (Å²) in [5, 5.41) is 15.9. The van der Waals surface area contributed by atoms with Crippen molar-refractivity contribution < 1.29 is 24.0 Å². The van der Waals surface area contributed by atoms with Crippen molar-refractivity contribution in [1.82, 2.24) is 4.98 Å². The fourth-order valence-corrected chi connectivity index (χ4v) is 3.80. The maximum atomic E-state index is 12.4. The highest BCUT2D eigenvalue weighted by atomic mass is 32.1. The number of anilines is 3. The molecule has 2 aromatic carbocycles. The van der Waals surface area contributed by atoms with Crippen molar-refractivity contribution in [2.45, 2.75) is 13.5 Å². The Balaban J connectivity index is 1.76. The molecule has 10 nitrogen and oxygen atoms in total. The molecular weight excluding hydrogens is 436 g/mol. The van der Waals surface area contributed by atoms with E-state index < -0.39 is 10.9 Å². The van der Waals surface area contributed by atoms with E-state index in [1.54, 1.807) is 36.7 Å². The summed E-state index contributed by atoms with van der Waals surface area (Å²) in [6, 6.07) is 11.1. The number of hydrogen-bond acceptors (Lipinski definition) is 9. The van der Waals surface area contributed by atoms with Crippen molar-refractivity contribution in [3.63, 3.8) is 0 Å². The second kappa shape index (κ2) is 9.88. The van der Waals surface area contributed by atoms with Crippen molar-refractivity contribution >= 4 is 45.4 Å². The molecule has 0 aliphatic carbocycles. The van der Waals surface area contributed by atoms with Crippen LogP contribution in [0.2, 0.25) is 0 Å². The van der Waals surface area contributed by atoms with Crippen molar-refractivity contribution in [2.75, 3.05) is 24.4 Å². The monoisotopic (exact) mass is 456 g/mol. The average Bonchev–Trinajstić information content (AvgIpc) is 3.25. The maximum Gasteiger partial charge on any atom is 0.338 e. The second-order valence-electron chi connectivity index (χ2n) is 6.46. The first-order valence-corrected chi connectivity index (χ1v) is 10.2. The number of thiazole rings is 1. The van der Waals surface area contributed by atoms with Gasteiger partial charge in [0.15, 0.2) is 5.13 Å². The van der Waals surface area contributed by atoms with Crippen LogP contribution in [-0.4, -0.2) is 35.9 Å². The van der Waals surface area contributed by atoms with E-state index in [0.717, 1.165) is 6.07 Å². The number of methoxy groups -OCH3 is 1. The van der Waals surface area contributed by atoms with Crippen LogP contribution >= 0.6 is 11.3 Å². The molecule has 3 aromatic rings. The number of rotatable bonds is 8. The molecule has 0 aliphatic rings. The predicted molar refractivity (Wildman–Crippen MR) is 120 cm³/mol. The van der Waals surface area contributed by atoms with Gasteiger partial charge in [-0.05, 0) is 24.3 Å². The van der Waals surface area contributed by atoms with Gasteiger partial charge in [0.25, 0.3) is 5.69 Å². The van der Waals surface area contributed by atoms with E-state index in [1.165, 1.54) is 42.4 Å². The van der Waals surface area contributed by atoms with E-state index in [4.69, 9.17) is 9.47 Å². The SMILES string of the molecule is CNc1ccc(C(=O)OCc2csc(N(C(C)=O)c3ccccc3OC)n2)cc1[N+](=O)[O-]. The molecule has 166 valence electrons. The van der Waals surface area contributed by atoms with Gasteiger partial charge in [-0.1, -0.05) is 12.1 Å². The molecule has 0 atom stereocenters. The number of nitrogens with zero attached hydrogens (tertiary/aromatic N) is 3. The number of carbonyl (C=O) groups excluding carboxylic acids is 2. The molecule has 11 heteroatoms. The normalized spacial score (nSPS) is 10.3. The number of amides is 1. The van der Waals surface area contributed by atoms with Crippen LogP contribution in [0, 0.1) is 10.1 Å². The van der Waals surface area contributed by atoms with Crippen molar-refractivity contribution in [3.05, 3.63) is 69.2 Å². The highest BCUT2D eigenvalue weighted by molar-refractivity contribution is 7.14. The Morgan fingerprint density at radius 3 is 2.66 bits per heavy atom. The van der Waals surface area contributed by atoms with Crippen LogP contribution in [0.15, 0.2) is 47.8 Å². The standard InChI is InChI=1S/C21H20N4O6S/c1-13(26)24(17-6-4-5-7-19(17)30-3)21-23-15(12-32-21)11-31-20(27)14-8-9-16(22-2)18(10-14)25(28)29/h4-10,12,22H,11H2,1-3H3. The van der Waals surface area contributed by atoms with E-state index in [9.17, 15) is 19.7 Å². The van der Waals surface area contributed by atoms with E-state index in [2.05, 4.69) is 10.3 Å². The minimum Gasteiger partial charge on any atom is -0.495 e. The third-order valence-corrected chi connectivity index (χ3v) is 5.30. The summed E-state index contributed by atoms with van der Waals surface area (Å²) in [7, 11) is 3.06. The molecule has 1 N–H and O–H groups in total. The number of benzene rings is 2. The van der Waals surface area contributed by atoms with Crippen LogP contribution in [0.25, 0.3) is 0 Å². The minimum atomic E-state index is -0.724. The first kappa shape index (κ1) is 22.7. The Hall–Kier alpha value is -3.99. The Kier molecular flexibility index (Phi) is 7.00. The van der Waals surface area contributed by atoms with Crippen LogP contribution in [-0.2, 0) is 16.1 Å². The maximum absolute atomic E-state index is 12.4. The van der Waals surface area contributed by atoms with E-state index in [0.29, 0.717) is 22.3 Å². The third kappa shape index (κ3) is 4.83. The average molecular weight is 456 g/mol. The van der Waals surface area contributed by atoms with Gasteiger partial charge >= 0.3 is 5.97 Å². The first-order valence-electron chi connectivity index (χ1n) is 9.37. The number of nitrogens with one attached hydrogen (secondary N) is 1. The topological polar surface area (TPSA) is 124 Å². The van der Waals surface area contributed by atoms with E-state index >= 15 is 0 Å². The zero-order valence-electron chi connectivity index (χ0n) is 17.5. The van der Waals surface area contributed by atoms with Gasteiger partial charge in [0, 0.05) is 25.4 Å². The zero-order chi connectivity index (χ0) is 23.3. The van der Waals surface area contributed by atoms with Crippen molar-refractivity contribution in [3.8, 4) is 5.75 Å². The summed E-state index contributed by atoms with van der Waals surface area (Å²) in [5.41, 5.74) is 1.08. The summed E-state index contributed by atoms with van der Waals surface area (Å²) >= 11 is 1.21. The van der Waals surface area contributed by atoms with Gasteiger partial charge in [0.2, 0.25) is 5.91 Å². The molecule has 32 heavy (non-hydrogen) atoms. The molecule has 1 aromatic heterocycles. The number of hydrogen-bond donors (Lipinski definition) is 1. The fraction of sp³-hybridized carbons (Fsp3) is 0.190. The fourth-order valence-electron chi connectivity index (χ4n) is 2.93. The summed E-state index contributed by atoms with van der Waals surface area (Å²) in [4.78, 5) is 41.1. The number of para-hydroxylation sites is 2. The number of carbonyl (C=O) groups is 2. The highest BCUT2D eigenvalue weighted by Crippen LogP contribution is 2.35. The Morgan fingerprint density at radius 1 is 1.25 bits per heavy atom. The van der Waals surface area contributed by atoms with Gasteiger partial charge in [0.05, 0.1) is 29.0 Å². The third-order valence-electron chi connectivity index (χ3n) is 4.42. The molecule has 0 aliphatic heterocycles. The lowest BCUT2D eigenvalue weighted by Crippen LogP contribution is -2.23. The summed E-state index contributed by atoms with van der Waals surface area (Å²) in [6.07, 6.45) is 0. The predicted octanol–water partition coefficient (Wildman–Crippen LogP) is 4.14. The molecule has 0 unspecified atom stereocenters. The Morgan fingerprint density at radius 2 is 2.00 bits per heavy atom. The molecule has 0 saturated carbocycles. The molecule has 0 saturated heterocycles. The van der Waals surface area contributed by atoms with Gasteiger partial charge in [-0.2, -0.15) is 0 Å². The van der Waals surface area contributed by atoms with Crippen LogP contribution in [0.1, 0.15) is 23.0 Å². The highest BCUT2D eigenvalue weighted by Gasteiger charge is 2.22. The summed E-state index contributed by atoms with van der Waals surface area (Å²) < 4.78 is 10.6. The van der Waals surface area contributed by atoms with Crippen molar-refractivity contribution in [2.24, 2.45) is 0 Å². The molecule has 0 fully saturated rings. The molecule has 1 amide bonds. The van der Waals surface area contributed by atoms with Gasteiger partial charge in [-0.3, -0.25) is 19.8 Å². The van der Waals surface area contributed by atoms with Gasteiger partial charge in [-0.15, -0.1) is 11.3 Å². The van der Waals surface area contributed by atoms with Crippen molar-refractivity contribution in [1.29, 1.82) is 0 Å². The summed E-state index contributed by atoms with van der Waals surface area (Å²) in [6.45, 7) is 1.25. The first-order chi connectivity index (χ1) is 15.3. The number of nitro benzene ring substituents is 1. The second-order valence-corrected chi connectivity index (χ2v) is 7.30. The van der Waals surface area contributed by atoms with E-state index in [1.807, 2.05) is 0 Å². The van der Waals surface area contributed by atoms with Gasteiger partial charge in [-0.25, -0.2) is 9.78 Å². The lowest BCUT2D eigenvalue weighted by molar-refractivity contribution is -0.384. The van der Waals surface area contributed by atoms with Crippen LogP contribution in [0.5, 0.6) is 5.75 Å². The quantitative estimate of drug-likeness (QED) is 0.305. The molecule has 3 rings (SSSR count). The van der Waals surface area contributed by atoms with Crippen LogP contribution in [0.4, 0.5) is 22.2 Å². The Bertz CT molecular complexity index is 1160. The number of ether oxygens (including phenoxy) is 2. The number of esters is 1. The molecular formula is C21H20N4O6S. The number of aromatic nitrogens is 1. The molecule has 0 radical (unpaired) electrons. The van der Waals surface area contributed by atoms with Gasteiger partial charge in [0.1, 0.15) is 18.0 Å². The largest absolute Gasteiger partial charge is 0.495 e. The zero-order valence-corrected chi connectivity index (χ0v) is 18.3. The Labute approximate surface area is 187 Å². The molecule has 1 heterocycles. The van der Waals surface area contributed by atoms with Gasteiger partial charge < -0.3 is 14.8 Å². The minimum absolute atomic E-state index is 0.0468. The molecule has 0 spiro atoms. The smallest absolute Gasteiger partial charge is 0.338 e. The number of nitro groups is 1.